The molecule has 1 amide bonds. The molecular formula is C17H15FN4O4S. The van der Waals surface area contributed by atoms with E-state index < -0.39 is 18.5 Å². The zero-order valence-corrected chi connectivity index (χ0v) is 15.1. The lowest BCUT2D eigenvalue weighted by molar-refractivity contribution is -0.147. The van der Waals surface area contributed by atoms with E-state index in [1.54, 1.807) is 5.38 Å². The maximum Gasteiger partial charge on any atom is 0.306 e. The molecule has 0 aliphatic carbocycles. The van der Waals surface area contributed by atoms with Crippen LogP contribution in [0.15, 0.2) is 34.2 Å². The number of aromatic nitrogens is 3. The highest BCUT2D eigenvalue weighted by Gasteiger charge is 2.13. The van der Waals surface area contributed by atoms with Crippen molar-refractivity contribution in [1.82, 2.24) is 15.1 Å². The molecule has 0 atom stereocenters. The first kappa shape index (κ1) is 18.6. The normalized spacial score (nSPS) is 10.6. The molecular weight excluding hydrogens is 375 g/mol. The fourth-order valence-electron chi connectivity index (χ4n) is 2.07. The minimum atomic E-state index is -0.568. The Balaban J connectivity index is 1.42. The molecule has 2 aromatic heterocycles. The van der Waals surface area contributed by atoms with Gasteiger partial charge in [0.05, 0.1) is 12.1 Å². The van der Waals surface area contributed by atoms with Crippen LogP contribution in [0.1, 0.15) is 18.0 Å². The van der Waals surface area contributed by atoms with E-state index in [2.05, 4.69) is 20.4 Å². The van der Waals surface area contributed by atoms with Crippen molar-refractivity contribution in [3.05, 3.63) is 47.0 Å². The number of aryl methyl sites for hydroxylation is 2. The summed E-state index contributed by atoms with van der Waals surface area (Å²) in [6, 6.07) is 5.64. The number of hydrogen-bond acceptors (Lipinski definition) is 8. The number of anilines is 1. The summed E-state index contributed by atoms with van der Waals surface area (Å²) in [6.45, 7) is 1.41. The van der Waals surface area contributed by atoms with E-state index in [4.69, 9.17) is 9.26 Å². The summed E-state index contributed by atoms with van der Waals surface area (Å²) in [6.07, 6.45) is 0.148. The van der Waals surface area contributed by atoms with Gasteiger partial charge in [-0.25, -0.2) is 9.37 Å². The van der Waals surface area contributed by atoms with E-state index in [0.29, 0.717) is 16.5 Å². The predicted octanol–water partition coefficient (Wildman–Crippen LogP) is 2.76. The van der Waals surface area contributed by atoms with Gasteiger partial charge in [0.2, 0.25) is 11.7 Å². The third-order valence-electron chi connectivity index (χ3n) is 3.34. The van der Waals surface area contributed by atoms with E-state index >= 15 is 0 Å². The van der Waals surface area contributed by atoms with Crippen LogP contribution in [0.4, 0.5) is 9.52 Å². The van der Waals surface area contributed by atoms with Crippen molar-refractivity contribution >= 4 is 28.3 Å². The van der Waals surface area contributed by atoms with Gasteiger partial charge in [-0.2, -0.15) is 4.98 Å². The number of benzene rings is 1. The number of nitrogens with zero attached hydrogens (tertiary/aromatic N) is 3. The van der Waals surface area contributed by atoms with Gasteiger partial charge in [0.25, 0.3) is 5.91 Å². The topological polar surface area (TPSA) is 107 Å². The number of esters is 1. The Labute approximate surface area is 157 Å². The first-order valence-corrected chi connectivity index (χ1v) is 8.83. The second-order valence-corrected chi connectivity index (χ2v) is 6.38. The number of carbonyl (C=O) groups is 2. The van der Waals surface area contributed by atoms with Gasteiger partial charge in [0.15, 0.2) is 11.7 Å². The molecule has 0 spiro atoms. The summed E-state index contributed by atoms with van der Waals surface area (Å²) < 4.78 is 22.9. The fraction of sp³-hybridized carbons (Fsp3) is 0.235. The van der Waals surface area contributed by atoms with Crippen LogP contribution in [0.2, 0.25) is 0 Å². The SMILES string of the molecule is Cc1csc(NC(=O)COC(=O)CCc2nc(-c3ccc(F)cc3)no2)n1. The van der Waals surface area contributed by atoms with E-state index in [9.17, 15) is 14.0 Å². The summed E-state index contributed by atoms with van der Waals surface area (Å²) in [5, 5.41) is 8.58. The average Bonchev–Trinajstić information content (AvgIpc) is 3.28. The lowest BCUT2D eigenvalue weighted by atomic mass is 10.2. The van der Waals surface area contributed by atoms with Crippen LogP contribution < -0.4 is 5.32 Å². The highest BCUT2D eigenvalue weighted by Crippen LogP contribution is 2.17. The molecule has 8 nitrogen and oxygen atoms in total. The minimum Gasteiger partial charge on any atom is -0.456 e. The molecule has 3 rings (SSSR count). The Kier molecular flexibility index (Phi) is 5.87. The minimum absolute atomic E-state index is 0.0192. The molecule has 140 valence electrons. The van der Waals surface area contributed by atoms with Gasteiger partial charge in [0, 0.05) is 17.4 Å². The molecule has 27 heavy (non-hydrogen) atoms. The van der Waals surface area contributed by atoms with Gasteiger partial charge < -0.3 is 9.26 Å². The monoisotopic (exact) mass is 390 g/mol. The van der Waals surface area contributed by atoms with Crippen LogP contribution in [-0.2, 0) is 20.7 Å². The number of halogens is 1. The van der Waals surface area contributed by atoms with E-state index in [0.717, 1.165) is 5.69 Å². The molecule has 2 heterocycles. The molecule has 0 bridgehead atoms. The highest BCUT2D eigenvalue weighted by atomic mass is 32.1. The number of thiazole rings is 1. The van der Waals surface area contributed by atoms with Crippen LogP contribution in [0.5, 0.6) is 0 Å². The molecule has 1 aromatic carbocycles. The second kappa shape index (κ2) is 8.49. The van der Waals surface area contributed by atoms with Gasteiger partial charge >= 0.3 is 5.97 Å². The first-order valence-electron chi connectivity index (χ1n) is 7.96. The Morgan fingerprint density at radius 3 is 2.74 bits per heavy atom. The van der Waals surface area contributed by atoms with Crippen molar-refractivity contribution in [2.75, 3.05) is 11.9 Å². The van der Waals surface area contributed by atoms with Crippen LogP contribution in [-0.4, -0.2) is 33.6 Å². The van der Waals surface area contributed by atoms with E-state index in [1.807, 2.05) is 6.92 Å². The van der Waals surface area contributed by atoms with E-state index in [-0.39, 0.29) is 24.5 Å². The zero-order valence-electron chi connectivity index (χ0n) is 14.3. The Hall–Kier alpha value is -3.14. The van der Waals surface area contributed by atoms with Crippen molar-refractivity contribution < 1.29 is 23.2 Å². The summed E-state index contributed by atoms with van der Waals surface area (Å²) in [5.74, 6) is -0.846. The van der Waals surface area contributed by atoms with Crippen LogP contribution in [0, 0.1) is 12.7 Å². The van der Waals surface area contributed by atoms with Gasteiger partial charge in [-0.3, -0.25) is 14.9 Å². The van der Waals surface area contributed by atoms with Gasteiger partial charge in [-0.05, 0) is 31.2 Å². The third-order valence-corrected chi connectivity index (χ3v) is 4.22. The molecule has 0 radical (unpaired) electrons. The highest BCUT2D eigenvalue weighted by molar-refractivity contribution is 7.13. The molecule has 0 saturated heterocycles. The predicted molar refractivity (Wildman–Crippen MR) is 94.5 cm³/mol. The molecule has 0 aliphatic heterocycles. The lowest BCUT2D eigenvalue weighted by Gasteiger charge is -2.03. The maximum atomic E-state index is 12.9. The molecule has 0 unspecified atom stereocenters. The molecule has 10 heteroatoms. The van der Waals surface area contributed by atoms with Crippen molar-refractivity contribution in [3.63, 3.8) is 0 Å². The standard InChI is InChI=1S/C17H15FN4O4S/c1-10-9-27-17(19-10)20-13(23)8-25-15(24)7-6-14-21-16(22-26-14)11-2-4-12(18)5-3-11/h2-5,9H,6-8H2,1H3,(H,19,20,23). The number of carbonyl (C=O) groups excluding carboxylic acids is 2. The molecule has 1 N–H and O–H groups in total. The maximum absolute atomic E-state index is 12.9. The van der Waals surface area contributed by atoms with Crippen LogP contribution in [0.25, 0.3) is 11.4 Å². The lowest BCUT2D eigenvalue weighted by Crippen LogP contribution is -2.21. The van der Waals surface area contributed by atoms with E-state index in [1.165, 1.54) is 35.6 Å². The van der Waals surface area contributed by atoms with Crippen LogP contribution >= 0.6 is 11.3 Å². The number of ether oxygens (including phenoxy) is 1. The molecule has 0 saturated carbocycles. The smallest absolute Gasteiger partial charge is 0.306 e. The molecule has 0 fully saturated rings. The fourth-order valence-corrected chi connectivity index (χ4v) is 2.77. The quantitative estimate of drug-likeness (QED) is 0.618. The van der Waals surface area contributed by atoms with Gasteiger partial charge in [0.1, 0.15) is 5.82 Å². The van der Waals surface area contributed by atoms with Crippen molar-refractivity contribution in [2.45, 2.75) is 19.8 Å². The number of nitrogens with one attached hydrogen (secondary N) is 1. The molecule has 3 aromatic rings. The van der Waals surface area contributed by atoms with Crippen molar-refractivity contribution in [3.8, 4) is 11.4 Å². The Morgan fingerprint density at radius 2 is 2.04 bits per heavy atom. The summed E-state index contributed by atoms with van der Waals surface area (Å²) in [4.78, 5) is 31.7. The summed E-state index contributed by atoms with van der Waals surface area (Å²) >= 11 is 1.29. The third kappa shape index (κ3) is 5.42. The largest absolute Gasteiger partial charge is 0.456 e. The molecule has 0 aliphatic rings. The van der Waals surface area contributed by atoms with Gasteiger partial charge in [-0.1, -0.05) is 5.16 Å². The van der Waals surface area contributed by atoms with Gasteiger partial charge in [-0.15, -0.1) is 11.3 Å². The average molecular weight is 390 g/mol. The number of rotatable bonds is 7. The van der Waals surface area contributed by atoms with Crippen molar-refractivity contribution in [2.24, 2.45) is 0 Å². The van der Waals surface area contributed by atoms with Crippen LogP contribution in [0.3, 0.4) is 0 Å². The number of hydrogen-bond donors (Lipinski definition) is 1. The zero-order chi connectivity index (χ0) is 19.2. The summed E-state index contributed by atoms with van der Waals surface area (Å²) in [7, 11) is 0. The number of amides is 1. The second-order valence-electron chi connectivity index (χ2n) is 5.52. The van der Waals surface area contributed by atoms with Crippen molar-refractivity contribution in [1.29, 1.82) is 0 Å². The summed E-state index contributed by atoms with van der Waals surface area (Å²) in [5.41, 5.74) is 1.40. The first-order chi connectivity index (χ1) is 13.0. The Morgan fingerprint density at radius 1 is 1.26 bits per heavy atom. The Bertz CT molecular complexity index is 939.